The molecule has 1 aromatic rings. The summed E-state index contributed by atoms with van der Waals surface area (Å²) in [4.78, 5) is -0.805. The van der Waals surface area contributed by atoms with Gasteiger partial charge in [-0.3, -0.25) is 0 Å². The third-order valence-electron chi connectivity index (χ3n) is 2.90. The quantitative estimate of drug-likeness (QED) is 0.897. The maximum atomic E-state index is 13.0. The normalized spacial score (nSPS) is 13.9. The number of aliphatic hydroxyl groups is 1. The molecule has 126 valence electrons. The van der Waals surface area contributed by atoms with Crippen molar-refractivity contribution in [2.45, 2.75) is 50.4 Å². The van der Waals surface area contributed by atoms with Crippen LogP contribution in [0.5, 0.6) is 0 Å². The molecule has 0 aliphatic heterocycles. The van der Waals surface area contributed by atoms with E-state index in [-0.39, 0.29) is 6.54 Å². The average Bonchev–Trinajstić information content (AvgIpc) is 2.33. The maximum Gasteiger partial charge on any atom is 0.417 e. The first-order valence-corrected chi connectivity index (χ1v) is 8.11. The molecule has 1 aromatic carbocycles. The van der Waals surface area contributed by atoms with Crippen molar-refractivity contribution in [3.63, 3.8) is 0 Å². The molecule has 0 aromatic heterocycles. The lowest BCUT2D eigenvalue weighted by atomic mass is 10.1. The minimum absolute atomic E-state index is 0.306. The maximum absolute atomic E-state index is 13.0. The Morgan fingerprint density at radius 1 is 1.18 bits per heavy atom. The van der Waals surface area contributed by atoms with Gasteiger partial charge in [-0.05, 0) is 39.8 Å². The van der Waals surface area contributed by atoms with Crippen LogP contribution >= 0.6 is 0 Å². The Bertz CT molecular complexity index is 619. The number of alkyl halides is 3. The Hall–Kier alpha value is -1.12. The smallest absolute Gasteiger partial charge is 0.389 e. The molecule has 1 N–H and O–H groups in total. The van der Waals surface area contributed by atoms with Gasteiger partial charge in [0.2, 0.25) is 10.0 Å². The Morgan fingerprint density at radius 3 is 2.09 bits per heavy atom. The number of hydrogen-bond acceptors (Lipinski definition) is 3. The van der Waals surface area contributed by atoms with Crippen molar-refractivity contribution >= 4 is 10.0 Å². The van der Waals surface area contributed by atoms with E-state index in [9.17, 15) is 26.7 Å². The van der Waals surface area contributed by atoms with Crippen molar-refractivity contribution in [3.05, 3.63) is 29.8 Å². The van der Waals surface area contributed by atoms with Gasteiger partial charge in [0.25, 0.3) is 0 Å². The molecule has 0 atom stereocenters. The summed E-state index contributed by atoms with van der Waals surface area (Å²) in [6.45, 7) is 5.57. The van der Waals surface area contributed by atoms with Crippen molar-refractivity contribution < 1.29 is 26.7 Å². The molecular weight excluding hydrogens is 319 g/mol. The van der Waals surface area contributed by atoms with Crippen LogP contribution in [0.25, 0.3) is 0 Å². The lowest BCUT2D eigenvalue weighted by Gasteiger charge is -2.32. The summed E-state index contributed by atoms with van der Waals surface area (Å²) in [5, 5.41) is 9.85. The lowest BCUT2D eigenvalue weighted by molar-refractivity contribution is -0.139. The van der Waals surface area contributed by atoms with Gasteiger partial charge in [0.05, 0.1) is 16.1 Å². The number of halogens is 3. The van der Waals surface area contributed by atoms with Crippen LogP contribution in [0.2, 0.25) is 0 Å². The minimum Gasteiger partial charge on any atom is -0.389 e. The average molecular weight is 339 g/mol. The summed E-state index contributed by atoms with van der Waals surface area (Å²) in [5.41, 5.74) is -2.58. The number of nitrogens with zero attached hydrogens (tertiary/aromatic N) is 1. The fraction of sp³-hybridized carbons (Fsp3) is 0.571. The molecule has 0 fully saturated rings. The SMILES string of the molecule is CC(C)N(CC(C)(C)O)S(=O)(=O)c1ccccc1C(F)(F)F. The Kier molecular flexibility index (Phi) is 5.31. The van der Waals surface area contributed by atoms with Gasteiger partial charge in [-0.15, -0.1) is 0 Å². The molecule has 8 heteroatoms. The molecule has 1 rings (SSSR count). The molecule has 0 aliphatic carbocycles. The Labute approximate surface area is 128 Å². The topological polar surface area (TPSA) is 57.6 Å². The largest absolute Gasteiger partial charge is 0.417 e. The second kappa shape index (κ2) is 6.17. The molecule has 22 heavy (non-hydrogen) atoms. The Morgan fingerprint density at radius 2 is 1.68 bits per heavy atom. The highest BCUT2D eigenvalue weighted by Gasteiger charge is 2.40. The summed E-state index contributed by atoms with van der Waals surface area (Å²) < 4.78 is 65.3. The lowest BCUT2D eigenvalue weighted by Crippen LogP contribution is -2.46. The van der Waals surface area contributed by atoms with Crippen molar-refractivity contribution in [2.75, 3.05) is 6.54 Å². The third-order valence-corrected chi connectivity index (χ3v) is 4.98. The van der Waals surface area contributed by atoms with E-state index in [0.717, 1.165) is 22.5 Å². The molecular formula is C14H20F3NO3S. The van der Waals surface area contributed by atoms with Crippen LogP contribution in [0.4, 0.5) is 13.2 Å². The van der Waals surface area contributed by atoms with Gasteiger partial charge in [0.1, 0.15) is 0 Å². The van der Waals surface area contributed by atoms with Gasteiger partial charge in [0, 0.05) is 12.6 Å². The van der Waals surface area contributed by atoms with Gasteiger partial charge in [-0.1, -0.05) is 12.1 Å². The van der Waals surface area contributed by atoms with Crippen LogP contribution in [-0.4, -0.2) is 36.0 Å². The molecule has 0 saturated heterocycles. The predicted molar refractivity (Wildman–Crippen MR) is 76.8 cm³/mol. The molecule has 0 amide bonds. The molecule has 0 saturated carbocycles. The fourth-order valence-electron chi connectivity index (χ4n) is 1.98. The minimum atomic E-state index is -4.78. The van der Waals surface area contributed by atoms with E-state index in [2.05, 4.69) is 0 Å². The molecule has 0 aliphatic rings. The first-order chi connectivity index (χ1) is 9.77. The summed E-state index contributed by atoms with van der Waals surface area (Å²) in [6.07, 6.45) is -4.78. The van der Waals surface area contributed by atoms with E-state index in [0.29, 0.717) is 0 Å². The van der Waals surface area contributed by atoms with Crippen LogP contribution < -0.4 is 0 Å². The standard InChI is InChI=1S/C14H20F3NO3S/c1-10(2)18(9-13(3,4)19)22(20,21)12-8-6-5-7-11(12)14(15,16)17/h5-8,10,19H,9H2,1-4H3. The van der Waals surface area contributed by atoms with Crippen LogP contribution in [0.1, 0.15) is 33.3 Å². The van der Waals surface area contributed by atoms with Gasteiger partial charge in [-0.25, -0.2) is 8.42 Å². The summed E-state index contributed by atoms with van der Waals surface area (Å²) in [6, 6.07) is 3.44. The van der Waals surface area contributed by atoms with E-state index < -0.39 is 38.3 Å². The number of rotatable bonds is 5. The summed E-state index contributed by atoms with van der Waals surface area (Å²) >= 11 is 0. The van der Waals surface area contributed by atoms with Crippen molar-refractivity contribution in [1.82, 2.24) is 4.31 Å². The van der Waals surface area contributed by atoms with Gasteiger partial charge < -0.3 is 5.11 Å². The van der Waals surface area contributed by atoms with Crippen LogP contribution in [0.15, 0.2) is 29.2 Å². The van der Waals surface area contributed by atoms with E-state index >= 15 is 0 Å². The highest BCUT2D eigenvalue weighted by molar-refractivity contribution is 7.89. The molecule has 0 unspecified atom stereocenters. The van der Waals surface area contributed by atoms with E-state index in [4.69, 9.17) is 0 Å². The Balaban J connectivity index is 3.46. The molecule has 0 spiro atoms. The zero-order valence-electron chi connectivity index (χ0n) is 12.8. The fourth-order valence-corrected chi connectivity index (χ4v) is 3.98. The van der Waals surface area contributed by atoms with Crippen molar-refractivity contribution in [1.29, 1.82) is 0 Å². The first-order valence-electron chi connectivity index (χ1n) is 6.67. The number of sulfonamides is 1. The molecule has 4 nitrogen and oxygen atoms in total. The molecule has 0 bridgehead atoms. The van der Waals surface area contributed by atoms with Crippen LogP contribution in [0.3, 0.4) is 0 Å². The second-order valence-electron chi connectivity index (χ2n) is 5.95. The molecule has 0 heterocycles. The summed E-state index contributed by atoms with van der Waals surface area (Å²) in [5.74, 6) is 0. The van der Waals surface area contributed by atoms with Gasteiger partial charge in [0.15, 0.2) is 0 Å². The zero-order valence-corrected chi connectivity index (χ0v) is 13.7. The summed E-state index contributed by atoms with van der Waals surface area (Å²) in [7, 11) is -4.39. The van der Waals surface area contributed by atoms with Gasteiger partial charge >= 0.3 is 6.18 Å². The third kappa shape index (κ3) is 4.44. The zero-order chi connectivity index (χ0) is 17.3. The van der Waals surface area contributed by atoms with Crippen LogP contribution in [0, 0.1) is 0 Å². The first kappa shape index (κ1) is 18.9. The van der Waals surface area contributed by atoms with E-state index in [1.807, 2.05) is 0 Å². The highest BCUT2D eigenvalue weighted by atomic mass is 32.2. The molecule has 0 radical (unpaired) electrons. The monoisotopic (exact) mass is 339 g/mol. The van der Waals surface area contributed by atoms with E-state index in [1.165, 1.54) is 19.9 Å². The van der Waals surface area contributed by atoms with Gasteiger partial charge in [-0.2, -0.15) is 17.5 Å². The van der Waals surface area contributed by atoms with Crippen molar-refractivity contribution in [3.8, 4) is 0 Å². The predicted octanol–water partition coefficient (Wildman–Crippen LogP) is 2.88. The van der Waals surface area contributed by atoms with E-state index in [1.54, 1.807) is 13.8 Å². The van der Waals surface area contributed by atoms with Crippen LogP contribution in [-0.2, 0) is 16.2 Å². The second-order valence-corrected chi connectivity index (χ2v) is 7.81. The van der Waals surface area contributed by atoms with Crippen molar-refractivity contribution in [2.24, 2.45) is 0 Å². The number of benzene rings is 1. The number of hydrogen-bond donors (Lipinski definition) is 1. The highest BCUT2D eigenvalue weighted by Crippen LogP contribution is 2.35.